The summed E-state index contributed by atoms with van der Waals surface area (Å²) in [4.78, 5) is 0. The zero-order chi connectivity index (χ0) is 10.2. The van der Waals surface area contributed by atoms with Crippen LogP contribution in [0.3, 0.4) is 0 Å². The molecule has 0 aromatic rings. The molecule has 14 heavy (non-hydrogen) atoms. The van der Waals surface area contributed by atoms with Crippen molar-refractivity contribution in [3.63, 3.8) is 0 Å². The van der Waals surface area contributed by atoms with Crippen LogP contribution >= 0.6 is 0 Å². The van der Waals surface area contributed by atoms with Crippen molar-refractivity contribution in [2.75, 3.05) is 13.2 Å². The van der Waals surface area contributed by atoms with E-state index in [9.17, 15) is 0 Å². The van der Waals surface area contributed by atoms with Crippen LogP contribution < -0.4 is 5.32 Å². The van der Waals surface area contributed by atoms with Crippen LogP contribution in [0.15, 0.2) is 12.7 Å². The van der Waals surface area contributed by atoms with E-state index in [-0.39, 0.29) is 0 Å². The Morgan fingerprint density at radius 2 is 2.21 bits per heavy atom. The van der Waals surface area contributed by atoms with Gasteiger partial charge in [-0.25, -0.2) is 0 Å². The molecule has 1 aliphatic rings. The molecule has 0 aromatic carbocycles. The van der Waals surface area contributed by atoms with Gasteiger partial charge in [-0.2, -0.15) is 0 Å². The molecule has 1 unspecified atom stereocenters. The van der Waals surface area contributed by atoms with E-state index in [1.807, 2.05) is 6.08 Å². The second-order valence-corrected chi connectivity index (χ2v) is 4.17. The molecule has 0 aromatic heterocycles. The van der Waals surface area contributed by atoms with Crippen LogP contribution in [0, 0.1) is 0 Å². The van der Waals surface area contributed by atoms with Crippen LogP contribution in [0.2, 0.25) is 0 Å². The third-order valence-corrected chi connectivity index (χ3v) is 2.79. The maximum absolute atomic E-state index is 5.33. The monoisotopic (exact) mass is 197 g/mol. The van der Waals surface area contributed by atoms with Crippen molar-refractivity contribution >= 4 is 0 Å². The van der Waals surface area contributed by atoms with Crippen molar-refractivity contribution in [3.05, 3.63) is 12.7 Å². The molecule has 1 atom stereocenters. The molecule has 1 N–H and O–H groups in total. The molecule has 0 amide bonds. The Morgan fingerprint density at radius 3 is 2.86 bits per heavy atom. The van der Waals surface area contributed by atoms with E-state index in [4.69, 9.17) is 4.74 Å². The van der Waals surface area contributed by atoms with E-state index in [0.29, 0.717) is 12.1 Å². The van der Waals surface area contributed by atoms with E-state index in [2.05, 4.69) is 18.8 Å². The van der Waals surface area contributed by atoms with Gasteiger partial charge in [0.2, 0.25) is 0 Å². The summed E-state index contributed by atoms with van der Waals surface area (Å²) in [5.41, 5.74) is 0. The Morgan fingerprint density at radius 1 is 1.50 bits per heavy atom. The van der Waals surface area contributed by atoms with E-state index >= 15 is 0 Å². The lowest BCUT2D eigenvalue weighted by atomic mass is 10.1. The molecular formula is C12H23NO. The molecule has 0 bridgehead atoms. The van der Waals surface area contributed by atoms with Gasteiger partial charge in [-0.15, -0.1) is 6.58 Å². The first-order chi connectivity index (χ1) is 6.83. The van der Waals surface area contributed by atoms with Crippen LogP contribution in [0.5, 0.6) is 0 Å². The van der Waals surface area contributed by atoms with Gasteiger partial charge in [-0.05, 0) is 39.0 Å². The molecule has 2 heteroatoms. The largest absolute Gasteiger partial charge is 0.381 e. The van der Waals surface area contributed by atoms with Gasteiger partial charge in [0.05, 0.1) is 0 Å². The quantitative estimate of drug-likeness (QED) is 0.522. The average molecular weight is 197 g/mol. The normalized spacial score (nSPS) is 20.6. The highest BCUT2D eigenvalue weighted by Crippen LogP contribution is 2.09. The molecule has 1 fully saturated rings. The van der Waals surface area contributed by atoms with Crippen LogP contribution in [0.4, 0.5) is 0 Å². The average Bonchev–Trinajstić information content (AvgIpc) is 2.20. The molecule has 0 aliphatic carbocycles. The number of nitrogens with one attached hydrogen (secondary N) is 1. The highest BCUT2D eigenvalue weighted by atomic mass is 16.5. The van der Waals surface area contributed by atoms with Crippen molar-refractivity contribution in [1.82, 2.24) is 5.32 Å². The minimum Gasteiger partial charge on any atom is -0.381 e. The number of hydrogen-bond donors (Lipinski definition) is 1. The van der Waals surface area contributed by atoms with Crippen LogP contribution in [-0.4, -0.2) is 25.3 Å². The van der Waals surface area contributed by atoms with Crippen molar-refractivity contribution in [3.8, 4) is 0 Å². The molecular weight excluding hydrogens is 174 g/mol. The summed E-state index contributed by atoms with van der Waals surface area (Å²) in [6.45, 7) is 7.87. The standard InChI is InChI=1S/C12H23NO/c1-3-4-5-6-11(2)13-12-7-9-14-10-8-12/h3,11-13H,1,4-10H2,2H3. The second kappa shape index (κ2) is 7.02. The maximum Gasteiger partial charge on any atom is 0.0480 e. The van der Waals surface area contributed by atoms with Crippen molar-refractivity contribution < 1.29 is 4.74 Å². The predicted octanol–water partition coefficient (Wildman–Crippen LogP) is 2.50. The number of unbranched alkanes of at least 4 members (excludes halogenated alkanes) is 1. The minimum atomic E-state index is 0.637. The van der Waals surface area contributed by atoms with Gasteiger partial charge in [0.1, 0.15) is 0 Å². The van der Waals surface area contributed by atoms with Gasteiger partial charge >= 0.3 is 0 Å². The number of hydrogen-bond acceptors (Lipinski definition) is 2. The van der Waals surface area contributed by atoms with E-state index in [1.165, 1.54) is 25.7 Å². The molecule has 82 valence electrons. The Labute approximate surface area is 87.7 Å². The second-order valence-electron chi connectivity index (χ2n) is 4.17. The minimum absolute atomic E-state index is 0.637. The maximum atomic E-state index is 5.33. The summed E-state index contributed by atoms with van der Waals surface area (Å²) >= 11 is 0. The van der Waals surface area contributed by atoms with Crippen LogP contribution in [-0.2, 0) is 4.74 Å². The zero-order valence-electron chi connectivity index (χ0n) is 9.30. The van der Waals surface area contributed by atoms with E-state index < -0.39 is 0 Å². The molecule has 2 nitrogen and oxygen atoms in total. The van der Waals surface area contributed by atoms with Gasteiger partial charge in [-0.3, -0.25) is 0 Å². The van der Waals surface area contributed by atoms with Gasteiger partial charge in [0.25, 0.3) is 0 Å². The van der Waals surface area contributed by atoms with Gasteiger partial charge in [0.15, 0.2) is 0 Å². The van der Waals surface area contributed by atoms with Gasteiger partial charge in [0, 0.05) is 25.3 Å². The molecule has 0 saturated carbocycles. The van der Waals surface area contributed by atoms with Crippen LogP contribution in [0.1, 0.15) is 39.0 Å². The molecule has 0 radical (unpaired) electrons. The fourth-order valence-corrected chi connectivity index (χ4v) is 1.92. The first-order valence-electron chi connectivity index (χ1n) is 5.77. The highest BCUT2D eigenvalue weighted by molar-refractivity contribution is 4.75. The molecule has 1 saturated heterocycles. The zero-order valence-corrected chi connectivity index (χ0v) is 9.30. The van der Waals surface area contributed by atoms with Gasteiger partial charge in [-0.1, -0.05) is 6.08 Å². The fourth-order valence-electron chi connectivity index (χ4n) is 1.92. The molecule has 1 aliphatic heterocycles. The summed E-state index contributed by atoms with van der Waals surface area (Å²) in [6, 6.07) is 1.32. The lowest BCUT2D eigenvalue weighted by Gasteiger charge is -2.26. The Kier molecular flexibility index (Phi) is 5.88. The molecule has 1 heterocycles. The van der Waals surface area contributed by atoms with Crippen molar-refractivity contribution in [2.45, 2.75) is 51.1 Å². The Hall–Kier alpha value is -0.340. The lowest BCUT2D eigenvalue weighted by Crippen LogP contribution is -2.40. The predicted molar refractivity (Wildman–Crippen MR) is 60.5 cm³/mol. The SMILES string of the molecule is C=CCCCC(C)NC1CCOCC1. The lowest BCUT2D eigenvalue weighted by molar-refractivity contribution is 0.0751. The van der Waals surface area contributed by atoms with Crippen molar-refractivity contribution in [1.29, 1.82) is 0 Å². The third-order valence-electron chi connectivity index (χ3n) is 2.79. The molecule has 1 rings (SSSR count). The van der Waals surface area contributed by atoms with Gasteiger partial charge < -0.3 is 10.1 Å². The fraction of sp³-hybridized carbons (Fsp3) is 0.833. The Balaban J connectivity index is 2.05. The molecule has 0 spiro atoms. The van der Waals surface area contributed by atoms with Crippen molar-refractivity contribution in [2.24, 2.45) is 0 Å². The van der Waals surface area contributed by atoms with E-state index in [1.54, 1.807) is 0 Å². The summed E-state index contributed by atoms with van der Waals surface area (Å²) in [6.07, 6.45) is 7.99. The number of allylic oxidation sites excluding steroid dienone is 1. The Bertz CT molecular complexity index is 152. The summed E-state index contributed by atoms with van der Waals surface area (Å²) < 4.78 is 5.33. The van der Waals surface area contributed by atoms with Crippen LogP contribution in [0.25, 0.3) is 0 Å². The highest BCUT2D eigenvalue weighted by Gasteiger charge is 2.15. The summed E-state index contributed by atoms with van der Waals surface area (Å²) in [5.74, 6) is 0. The first-order valence-corrected chi connectivity index (χ1v) is 5.77. The topological polar surface area (TPSA) is 21.3 Å². The van der Waals surface area contributed by atoms with E-state index in [0.717, 1.165) is 19.6 Å². The number of rotatable bonds is 6. The third kappa shape index (κ3) is 4.77. The first kappa shape index (κ1) is 11.7. The summed E-state index contributed by atoms with van der Waals surface area (Å²) in [5, 5.41) is 3.66. The number of ether oxygens (including phenoxy) is 1. The smallest absolute Gasteiger partial charge is 0.0480 e. The summed E-state index contributed by atoms with van der Waals surface area (Å²) in [7, 11) is 0.